The highest BCUT2D eigenvalue weighted by atomic mass is 79.9. The second-order valence-corrected chi connectivity index (χ2v) is 5.42. The van der Waals surface area contributed by atoms with Crippen molar-refractivity contribution in [1.82, 2.24) is 5.32 Å². The maximum atomic E-state index is 8.77. The maximum Gasteiger partial charge on any atom is 0.0431 e. The van der Waals surface area contributed by atoms with Crippen LogP contribution in [0.5, 0.6) is 0 Å². The van der Waals surface area contributed by atoms with Gasteiger partial charge in [0.15, 0.2) is 0 Å². The van der Waals surface area contributed by atoms with Crippen LogP contribution in [0.4, 0.5) is 5.69 Å². The summed E-state index contributed by atoms with van der Waals surface area (Å²) in [6.07, 6.45) is 3.10. The predicted molar refractivity (Wildman–Crippen MR) is 81.1 cm³/mol. The van der Waals surface area contributed by atoms with Gasteiger partial charge < -0.3 is 15.3 Å². The topological polar surface area (TPSA) is 35.5 Å². The van der Waals surface area contributed by atoms with Gasteiger partial charge in [0.2, 0.25) is 0 Å². The lowest BCUT2D eigenvalue weighted by Crippen LogP contribution is -2.21. The molecule has 4 heteroatoms. The summed E-state index contributed by atoms with van der Waals surface area (Å²) in [5.41, 5.74) is 2.58. The molecule has 3 nitrogen and oxygen atoms in total. The number of aliphatic hydroxyl groups excluding tert-OH is 1. The van der Waals surface area contributed by atoms with Crippen LogP contribution in [-0.4, -0.2) is 32.4 Å². The molecule has 0 radical (unpaired) electrons. The molecule has 18 heavy (non-hydrogen) atoms. The second kappa shape index (κ2) is 8.51. The predicted octanol–water partition coefficient (Wildman–Crippen LogP) is 2.77. The zero-order chi connectivity index (χ0) is 13.4. The van der Waals surface area contributed by atoms with Crippen LogP contribution in [0.2, 0.25) is 0 Å². The first-order valence-corrected chi connectivity index (χ1v) is 7.23. The van der Waals surface area contributed by atoms with Gasteiger partial charge in [-0.25, -0.2) is 0 Å². The third-order valence-corrected chi connectivity index (χ3v) is 3.46. The number of nitrogens with zero attached hydrogens (tertiary/aromatic N) is 1. The molecule has 102 valence electrons. The van der Waals surface area contributed by atoms with Crippen LogP contribution >= 0.6 is 15.9 Å². The standard InChI is InChI=1S/C14H23BrN2O/c1-16-11-12-10-13(15)6-7-14(12)17(2)8-4-3-5-9-18/h6-7,10,16,18H,3-5,8-9,11H2,1-2H3. The molecular formula is C14H23BrN2O. The quantitative estimate of drug-likeness (QED) is 0.724. The van der Waals surface area contributed by atoms with Crippen molar-refractivity contribution < 1.29 is 5.11 Å². The number of nitrogens with one attached hydrogen (secondary N) is 1. The summed E-state index contributed by atoms with van der Waals surface area (Å²) in [5.74, 6) is 0. The van der Waals surface area contributed by atoms with E-state index in [1.165, 1.54) is 11.3 Å². The van der Waals surface area contributed by atoms with Crippen LogP contribution in [0.15, 0.2) is 22.7 Å². The molecule has 0 bridgehead atoms. The van der Waals surface area contributed by atoms with Crippen molar-refractivity contribution in [1.29, 1.82) is 0 Å². The molecule has 0 saturated carbocycles. The Kier molecular flexibility index (Phi) is 7.32. The van der Waals surface area contributed by atoms with Gasteiger partial charge in [-0.2, -0.15) is 0 Å². The molecule has 1 rings (SSSR count). The molecule has 1 aromatic carbocycles. The molecule has 2 N–H and O–H groups in total. The fraction of sp³-hybridized carbons (Fsp3) is 0.571. The van der Waals surface area contributed by atoms with E-state index in [4.69, 9.17) is 5.11 Å². The molecule has 0 spiro atoms. The Bertz CT molecular complexity index is 358. The number of anilines is 1. The van der Waals surface area contributed by atoms with Gasteiger partial charge in [-0.15, -0.1) is 0 Å². The van der Waals surface area contributed by atoms with Crippen molar-refractivity contribution in [2.24, 2.45) is 0 Å². The number of unbranched alkanes of at least 4 members (excludes halogenated alkanes) is 2. The van der Waals surface area contributed by atoms with E-state index in [1.54, 1.807) is 0 Å². The molecule has 1 aromatic rings. The molecular weight excluding hydrogens is 292 g/mol. The van der Waals surface area contributed by atoms with Gasteiger partial charge in [0.05, 0.1) is 0 Å². The van der Waals surface area contributed by atoms with Crippen LogP contribution < -0.4 is 10.2 Å². The second-order valence-electron chi connectivity index (χ2n) is 4.51. The van der Waals surface area contributed by atoms with Crippen molar-refractivity contribution in [3.63, 3.8) is 0 Å². The zero-order valence-corrected chi connectivity index (χ0v) is 12.8. The van der Waals surface area contributed by atoms with E-state index in [0.717, 1.165) is 36.8 Å². The Labute approximate surface area is 118 Å². The van der Waals surface area contributed by atoms with E-state index >= 15 is 0 Å². The highest BCUT2D eigenvalue weighted by Gasteiger charge is 2.07. The molecule has 0 aliphatic rings. The molecule has 0 aliphatic heterocycles. The highest BCUT2D eigenvalue weighted by Crippen LogP contribution is 2.24. The number of rotatable bonds is 8. The summed E-state index contributed by atoms with van der Waals surface area (Å²) in [4.78, 5) is 2.29. The number of hydrogen-bond acceptors (Lipinski definition) is 3. The van der Waals surface area contributed by atoms with Gasteiger partial charge in [0.1, 0.15) is 0 Å². The van der Waals surface area contributed by atoms with Gasteiger partial charge in [-0.1, -0.05) is 15.9 Å². The van der Waals surface area contributed by atoms with Crippen molar-refractivity contribution in [3.05, 3.63) is 28.2 Å². The molecule has 0 saturated heterocycles. The molecule has 0 aromatic heterocycles. The largest absolute Gasteiger partial charge is 0.396 e. The molecule has 0 amide bonds. The Morgan fingerprint density at radius 2 is 2.06 bits per heavy atom. The third-order valence-electron chi connectivity index (χ3n) is 2.97. The zero-order valence-electron chi connectivity index (χ0n) is 11.2. The van der Waals surface area contributed by atoms with E-state index in [-0.39, 0.29) is 0 Å². The molecule has 0 fully saturated rings. The third kappa shape index (κ3) is 4.96. The lowest BCUT2D eigenvalue weighted by molar-refractivity contribution is 0.283. The van der Waals surface area contributed by atoms with Gasteiger partial charge in [-0.3, -0.25) is 0 Å². The van der Waals surface area contributed by atoms with E-state index in [9.17, 15) is 0 Å². The van der Waals surface area contributed by atoms with E-state index in [2.05, 4.69) is 51.4 Å². The lowest BCUT2D eigenvalue weighted by Gasteiger charge is -2.22. The normalized spacial score (nSPS) is 10.7. The Hall–Kier alpha value is -0.580. The van der Waals surface area contributed by atoms with E-state index in [1.807, 2.05) is 7.05 Å². The molecule has 0 atom stereocenters. The van der Waals surface area contributed by atoms with Crippen molar-refractivity contribution in [3.8, 4) is 0 Å². The summed E-state index contributed by atoms with van der Waals surface area (Å²) in [7, 11) is 4.09. The number of halogens is 1. The van der Waals surface area contributed by atoms with E-state index < -0.39 is 0 Å². The van der Waals surface area contributed by atoms with E-state index in [0.29, 0.717) is 6.61 Å². The highest BCUT2D eigenvalue weighted by molar-refractivity contribution is 9.10. The number of aliphatic hydroxyl groups is 1. The first-order valence-electron chi connectivity index (χ1n) is 6.44. The smallest absolute Gasteiger partial charge is 0.0431 e. The van der Waals surface area contributed by atoms with Crippen LogP contribution in [-0.2, 0) is 6.54 Å². The summed E-state index contributed by atoms with van der Waals surface area (Å²) in [5, 5.41) is 12.0. The minimum Gasteiger partial charge on any atom is -0.396 e. The monoisotopic (exact) mass is 314 g/mol. The molecule has 0 heterocycles. The lowest BCUT2D eigenvalue weighted by atomic mass is 10.1. The molecule has 0 aliphatic carbocycles. The SMILES string of the molecule is CNCc1cc(Br)ccc1N(C)CCCCCO. The number of hydrogen-bond donors (Lipinski definition) is 2. The first-order chi connectivity index (χ1) is 8.69. The van der Waals surface area contributed by atoms with Gasteiger partial charge in [-0.05, 0) is 50.1 Å². The fourth-order valence-electron chi connectivity index (χ4n) is 2.02. The Morgan fingerprint density at radius 3 is 2.72 bits per heavy atom. The van der Waals surface area contributed by atoms with Crippen molar-refractivity contribution in [2.45, 2.75) is 25.8 Å². The van der Waals surface area contributed by atoms with Crippen LogP contribution in [0.1, 0.15) is 24.8 Å². The maximum absolute atomic E-state index is 8.77. The molecule has 0 unspecified atom stereocenters. The minimum absolute atomic E-state index is 0.299. The average Bonchev–Trinajstić information content (AvgIpc) is 2.35. The summed E-state index contributed by atoms with van der Waals surface area (Å²) >= 11 is 3.51. The number of benzene rings is 1. The first kappa shape index (κ1) is 15.5. The van der Waals surface area contributed by atoms with Crippen molar-refractivity contribution >= 4 is 21.6 Å². The summed E-state index contributed by atoms with van der Waals surface area (Å²) in [6.45, 7) is 2.20. The minimum atomic E-state index is 0.299. The fourth-order valence-corrected chi connectivity index (χ4v) is 2.43. The van der Waals surface area contributed by atoms with Crippen LogP contribution in [0.25, 0.3) is 0 Å². The Morgan fingerprint density at radius 1 is 1.28 bits per heavy atom. The summed E-state index contributed by atoms with van der Waals surface area (Å²) < 4.78 is 1.12. The van der Waals surface area contributed by atoms with Crippen molar-refractivity contribution in [2.75, 3.05) is 32.1 Å². The Balaban J connectivity index is 2.62. The average molecular weight is 315 g/mol. The van der Waals surface area contributed by atoms with Gasteiger partial charge in [0.25, 0.3) is 0 Å². The van der Waals surface area contributed by atoms with Crippen LogP contribution in [0, 0.1) is 0 Å². The van der Waals surface area contributed by atoms with Crippen LogP contribution in [0.3, 0.4) is 0 Å². The van der Waals surface area contributed by atoms with Gasteiger partial charge in [0, 0.05) is 36.9 Å². The summed E-state index contributed by atoms with van der Waals surface area (Å²) in [6, 6.07) is 6.40. The van der Waals surface area contributed by atoms with Gasteiger partial charge >= 0.3 is 0 Å².